The van der Waals surface area contributed by atoms with Crippen molar-refractivity contribution in [3.63, 3.8) is 0 Å². The molecular formula is C12H18N4O2. The minimum atomic E-state index is -0.531. The van der Waals surface area contributed by atoms with Crippen molar-refractivity contribution in [2.24, 2.45) is 0 Å². The molecule has 0 bridgehead atoms. The summed E-state index contributed by atoms with van der Waals surface area (Å²) >= 11 is 0. The van der Waals surface area contributed by atoms with Gasteiger partial charge in [0.2, 0.25) is 5.95 Å². The molecule has 6 heteroatoms. The van der Waals surface area contributed by atoms with Crippen LogP contribution in [0, 0.1) is 0 Å². The molecule has 2 rings (SSSR count). The van der Waals surface area contributed by atoms with Gasteiger partial charge in [-0.25, -0.2) is 14.8 Å². The Bertz CT molecular complexity index is 539. The predicted molar refractivity (Wildman–Crippen MR) is 67.0 cm³/mol. The molecule has 0 aromatic carbocycles. The number of rotatable bonds is 1. The van der Waals surface area contributed by atoms with E-state index < -0.39 is 5.60 Å². The van der Waals surface area contributed by atoms with E-state index in [9.17, 15) is 4.79 Å². The maximum atomic E-state index is 11.8. The zero-order chi connectivity index (χ0) is 15.1. The molecule has 0 atom stereocenters. The van der Waals surface area contributed by atoms with Crippen molar-refractivity contribution in [2.45, 2.75) is 32.3 Å². The quantitative estimate of drug-likeness (QED) is 0.816. The minimum Gasteiger partial charge on any atom is -0.444 e. The number of nitrogens with two attached hydrogens (primary N) is 1. The average molecular weight is 252 g/mol. The molecule has 0 radical (unpaired) electrons. The molecule has 1 aliphatic rings. The summed E-state index contributed by atoms with van der Waals surface area (Å²) < 4.78 is 20.5. The molecule has 1 aromatic heterocycles. The lowest BCUT2D eigenvalue weighted by atomic mass is 9.97. The second-order valence-corrected chi connectivity index (χ2v) is 5.29. The molecule has 2 heterocycles. The van der Waals surface area contributed by atoms with Crippen molar-refractivity contribution < 1.29 is 12.3 Å². The lowest BCUT2D eigenvalue weighted by molar-refractivity contribution is 0.00788. The van der Waals surface area contributed by atoms with Crippen molar-refractivity contribution in [3.8, 4) is 0 Å². The van der Waals surface area contributed by atoms with E-state index in [1.807, 2.05) is 20.8 Å². The lowest BCUT2D eigenvalue weighted by Gasteiger charge is -2.39. The molecular weight excluding hydrogens is 232 g/mol. The summed E-state index contributed by atoms with van der Waals surface area (Å²) in [6.45, 7) is 6.25. The molecule has 0 unspecified atom stereocenters. The summed E-state index contributed by atoms with van der Waals surface area (Å²) in [5, 5.41) is 0. The first kappa shape index (κ1) is 10.1. The Morgan fingerprint density at radius 3 is 2.89 bits per heavy atom. The molecule has 6 nitrogen and oxygen atoms in total. The third-order valence-corrected chi connectivity index (χ3v) is 2.51. The second-order valence-electron chi connectivity index (χ2n) is 5.29. The smallest absolute Gasteiger partial charge is 0.410 e. The molecule has 1 saturated heterocycles. The van der Waals surface area contributed by atoms with Crippen molar-refractivity contribution >= 4 is 12.0 Å². The van der Waals surface area contributed by atoms with E-state index in [4.69, 9.17) is 13.2 Å². The molecule has 1 fully saturated rings. The zero-order valence-electron chi connectivity index (χ0n) is 12.7. The maximum Gasteiger partial charge on any atom is 0.410 e. The van der Waals surface area contributed by atoms with Crippen molar-refractivity contribution in [1.29, 1.82) is 0 Å². The first-order chi connectivity index (χ1) is 9.17. The number of nitrogens with zero attached hydrogens (tertiary/aromatic N) is 3. The fraction of sp³-hybridized carbons (Fsp3) is 0.583. The Morgan fingerprint density at radius 1 is 1.61 bits per heavy atom. The SMILES string of the molecule is [2H]c1nc(N)nc(C2CN(C(=O)OC(C)(C)C)C2)c1[2H]. The highest BCUT2D eigenvalue weighted by Gasteiger charge is 2.35. The predicted octanol–water partition coefficient (Wildman–Crippen LogP) is 1.39. The number of hydrogen-bond donors (Lipinski definition) is 1. The maximum absolute atomic E-state index is 11.8. The van der Waals surface area contributed by atoms with Crippen LogP contribution in [0.4, 0.5) is 10.7 Å². The van der Waals surface area contributed by atoms with Crippen LogP contribution in [0.2, 0.25) is 0 Å². The number of aromatic nitrogens is 2. The highest BCUT2D eigenvalue weighted by molar-refractivity contribution is 5.69. The van der Waals surface area contributed by atoms with Crippen molar-refractivity contribution in [3.05, 3.63) is 17.9 Å². The number of anilines is 1. The first-order valence-electron chi connectivity index (χ1n) is 6.76. The summed E-state index contributed by atoms with van der Waals surface area (Å²) in [5.41, 5.74) is 5.38. The zero-order valence-corrected chi connectivity index (χ0v) is 10.7. The second kappa shape index (κ2) is 4.44. The van der Waals surface area contributed by atoms with E-state index in [-0.39, 0.29) is 30.2 Å². The van der Waals surface area contributed by atoms with Gasteiger partial charge in [0.25, 0.3) is 0 Å². The van der Waals surface area contributed by atoms with Crippen LogP contribution in [0.1, 0.15) is 35.1 Å². The van der Waals surface area contributed by atoms with E-state index in [0.717, 1.165) is 0 Å². The molecule has 18 heavy (non-hydrogen) atoms. The number of likely N-dealkylation sites (tertiary alicyclic amines) is 1. The molecule has 0 spiro atoms. The number of ether oxygens (including phenoxy) is 1. The Labute approximate surface area is 109 Å². The average Bonchev–Trinajstić information content (AvgIpc) is 2.20. The van der Waals surface area contributed by atoms with Gasteiger partial charge in [-0.3, -0.25) is 0 Å². The van der Waals surface area contributed by atoms with Crippen molar-refractivity contribution in [2.75, 3.05) is 18.8 Å². The number of nitrogen functional groups attached to an aromatic ring is 1. The standard InChI is InChI=1S/C12H18N4O2/c1-12(2,3)18-11(17)16-6-8(7-16)9-4-5-14-10(13)15-9/h4-5,8H,6-7H2,1-3H3,(H2,13,14,15)/i4D,5D. The van der Waals surface area contributed by atoms with Crippen molar-refractivity contribution in [1.82, 2.24) is 14.9 Å². The molecule has 1 aromatic rings. The summed E-state index contributed by atoms with van der Waals surface area (Å²) in [5.74, 6) is -0.110. The Morgan fingerprint density at radius 2 is 2.28 bits per heavy atom. The minimum absolute atomic E-state index is 0.0169. The topological polar surface area (TPSA) is 81.3 Å². The fourth-order valence-electron chi connectivity index (χ4n) is 1.64. The highest BCUT2D eigenvalue weighted by Crippen LogP contribution is 2.27. The van der Waals surface area contributed by atoms with Gasteiger partial charge in [-0.2, -0.15) is 0 Å². The Kier molecular flexibility index (Phi) is 2.49. The van der Waals surface area contributed by atoms with Gasteiger partial charge in [-0.1, -0.05) is 0 Å². The van der Waals surface area contributed by atoms with Gasteiger partial charge in [0.05, 0.1) is 8.44 Å². The van der Waals surface area contributed by atoms with E-state index in [1.165, 1.54) is 4.90 Å². The largest absolute Gasteiger partial charge is 0.444 e. The van der Waals surface area contributed by atoms with E-state index in [1.54, 1.807) is 0 Å². The molecule has 98 valence electrons. The third kappa shape index (κ3) is 2.88. The van der Waals surface area contributed by atoms with Gasteiger partial charge < -0.3 is 15.4 Å². The molecule has 0 aliphatic carbocycles. The van der Waals surface area contributed by atoms with Gasteiger partial charge in [0.1, 0.15) is 5.60 Å². The fourth-order valence-corrected chi connectivity index (χ4v) is 1.64. The highest BCUT2D eigenvalue weighted by atomic mass is 16.6. The van der Waals surface area contributed by atoms with E-state index in [0.29, 0.717) is 18.8 Å². The summed E-state index contributed by atoms with van der Waals surface area (Å²) in [6.07, 6.45) is -0.573. The molecule has 2 N–H and O–H groups in total. The van der Waals surface area contributed by atoms with Crippen LogP contribution < -0.4 is 5.73 Å². The first-order valence-corrected chi connectivity index (χ1v) is 5.76. The van der Waals surface area contributed by atoms with Crippen LogP contribution in [-0.4, -0.2) is 39.7 Å². The number of hydrogen-bond acceptors (Lipinski definition) is 5. The van der Waals surface area contributed by atoms with Gasteiger partial charge in [-0.05, 0) is 26.8 Å². The van der Waals surface area contributed by atoms with Crippen LogP contribution in [0.3, 0.4) is 0 Å². The van der Waals surface area contributed by atoms with Gasteiger partial charge >= 0.3 is 6.09 Å². The van der Waals surface area contributed by atoms with Gasteiger partial charge in [0, 0.05) is 25.2 Å². The normalized spacial score (nSPS) is 17.8. The Balaban J connectivity index is 2.02. The Hall–Kier alpha value is -1.85. The van der Waals surface area contributed by atoms with Gasteiger partial charge in [-0.15, -0.1) is 0 Å². The van der Waals surface area contributed by atoms with Crippen LogP contribution >= 0.6 is 0 Å². The number of carbonyl (C=O) groups is 1. The lowest BCUT2D eigenvalue weighted by Crippen LogP contribution is -2.50. The van der Waals surface area contributed by atoms with E-state index in [2.05, 4.69) is 9.97 Å². The molecule has 1 aliphatic heterocycles. The van der Waals surface area contributed by atoms with E-state index >= 15 is 0 Å². The summed E-state index contributed by atoms with van der Waals surface area (Å²) in [4.78, 5) is 21.0. The number of amides is 1. The van der Waals surface area contributed by atoms with Crippen LogP contribution in [0.15, 0.2) is 12.2 Å². The van der Waals surface area contributed by atoms with Crippen LogP contribution in [-0.2, 0) is 4.74 Å². The molecule has 0 saturated carbocycles. The van der Waals surface area contributed by atoms with Crippen LogP contribution in [0.25, 0.3) is 0 Å². The summed E-state index contributed by atoms with van der Waals surface area (Å²) in [7, 11) is 0. The van der Waals surface area contributed by atoms with Gasteiger partial charge in [0.15, 0.2) is 0 Å². The van der Waals surface area contributed by atoms with Crippen LogP contribution in [0.5, 0.6) is 0 Å². The third-order valence-electron chi connectivity index (χ3n) is 2.51. The monoisotopic (exact) mass is 252 g/mol. The number of carbonyl (C=O) groups excluding carboxylic acids is 1. The molecule has 1 amide bonds. The summed E-state index contributed by atoms with van der Waals surface area (Å²) in [6, 6.07) is -0.0342.